The van der Waals surface area contributed by atoms with Crippen molar-refractivity contribution in [2.24, 2.45) is 0 Å². The van der Waals surface area contributed by atoms with Gasteiger partial charge in [0.15, 0.2) is 5.82 Å². The van der Waals surface area contributed by atoms with Gasteiger partial charge in [0.25, 0.3) is 0 Å². The fraction of sp³-hybridized carbons (Fsp3) is 0. The molecule has 3 aromatic rings. The maximum absolute atomic E-state index is 6.17. The van der Waals surface area contributed by atoms with E-state index in [2.05, 4.69) is 19.0 Å². The molecule has 19 heavy (non-hydrogen) atoms. The lowest BCUT2D eigenvalue weighted by Gasteiger charge is -2.10. The van der Waals surface area contributed by atoms with Gasteiger partial charge in [-0.05, 0) is 18.2 Å². The quantitative estimate of drug-likeness (QED) is 0.754. The Hall–Kier alpha value is -1.63. The SMILES string of the molecule is Nc1cc(Cl)cnc1Nc1c(Cl)ccc2nsnc12. The van der Waals surface area contributed by atoms with Crippen LogP contribution in [0, 0.1) is 0 Å². The number of nitrogens with one attached hydrogen (secondary N) is 1. The molecule has 0 saturated carbocycles. The molecule has 3 rings (SSSR count). The Morgan fingerprint density at radius 3 is 2.84 bits per heavy atom. The van der Waals surface area contributed by atoms with Crippen molar-refractivity contribution in [3.8, 4) is 0 Å². The number of hydrogen-bond acceptors (Lipinski definition) is 6. The van der Waals surface area contributed by atoms with Gasteiger partial charge in [-0.1, -0.05) is 23.2 Å². The summed E-state index contributed by atoms with van der Waals surface area (Å²) >= 11 is 13.1. The van der Waals surface area contributed by atoms with Crippen molar-refractivity contribution >= 4 is 63.2 Å². The Labute approximate surface area is 122 Å². The van der Waals surface area contributed by atoms with Crippen molar-refractivity contribution in [3.63, 3.8) is 0 Å². The third kappa shape index (κ3) is 2.30. The molecule has 0 saturated heterocycles. The van der Waals surface area contributed by atoms with Crippen LogP contribution in [0.3, 0.4) is 0 Å². The summed E-state index contributed by atoms with van der Waals surface area (Å²) in [5.41, 5.74) is 8.38. The fourth-order valence-electron chi connectivity index (χ4n) is 1.62. The van der Waals surface area contributed by atoms with Crippen molar-refractivity contribution in [1.82, 2.24) is 13.7 Å². The Bertz CT molecular complexity index is 758. The molecule has 0 aliphatic rings. The lowest BCUT2D eigenvalue weighted by Crippen LogP contribution is -2.00. The van der Waals surface area contributed by atoms with Crippen LogP contribution in [0.2, 0.25) is 10.0 Å². The van der Waals surface area contributed by atoms with Gasteiger partial charge in [0.1, 0.15) is 11.0 Å². The minimum Gasteiger partial charge on any atom is -0.396 e. The summed E-state index contributed by atoms with van der Waals surface area (Å²) in [5, 5.41) is 4.07. The van der Waals surface area contributed by atoms with Crippen LogP contribution in [0.4, 0.5) is 17.2 Å². The van der Waals surface area contributed by atoms with Crippen LogP contribution in [0.15, 0.2) is 24.4 Å². The van der Waals surface area contributed by atoms with Crippen LogP contribution >= 0.6 is 34.9 Å². The van der Waals surface area contributed by atoms with Crippen LogP contribution in [-0.2, 0) is 0 Å². The molecule has 0 amide bonds. The second-order valence-electron chi connectivity index (χ2n) is 3.77. The zero-order chi connectivity index (χ0) is 13.4. The van der Waals surface area contributed by atoms with Crippen LogP contribution in [0.1, 0.15) is 0 Å². The van der Waals surface area contributed by atoms with E-state index < -0.39 is 0 Å². The number of rotatable bonds is 2. The van der Waals surface area contributed by atoms with E-state index in [1.807, 2.05) is 6.07 Å². The van der Waals surface area contributed by atoms with Crippen molar-refractivity contribution in [2.45, 2.75) is 0 Å². The predicted octanol–water partition coefficient (Wildman–Crippen LogP) is 3.72. The van der Waals surface area contributed by atoms with Crippen LogP contribution < -0.4 is 11.1 Å². The van der Waals surface area contributed by atoms with Gasteiger partial charge in [-0.15, -0.1) is 0 Å². The summed E-state index contributed by atoms with van der Waals surface area (Å²) in [6.45, 7) is 0. The number of pyridine rings is 1. The van der Waals surface area contributed by atoms with E-state index in [9.17, 15) is 0 Å². The average Bonchev–Trinajstić information content (AvgIpc) is 2.84. The number of halogens is 2. The van der Waals surface area contributed by atoms with Crippen LogP contribution in [0.25, 0.3) is 11.0 Å². The normalized spacial score (nSPS) is 10.8. The first-order valence-electron chi connectivity index (χ1n) is 5.24. The molecule has 0 aliphatic heterocycles. The smallest absolute Gasteiger partial charge is 0.153 e. The molecule has 0 unspecified atom stereocenters. The van der Waals surface area contributed by atoms with Gasteiger partial charge in [-0.2, -0.15) is 8.75 Å². The maximum Gasteiger partial charge on any atom is 0.153 e. The first-order valence-corrected chi connectivity index (χ1v) is 6.72. The first-order chi connectivity index (χ1) is 9.15. The fourth-order valence-corrected chi connectivity index (χ4v) is 2.53. The van der Waals surface area contributed by atoms with E-state index >= 15 is 0 Å². The third-order valence-electron chi connectivity index (χ3n) is 2.50. The van der Waals surface area contributed by atoms with Gasteiger partial charge in [0.2, 0.25) is 0 Å². The number of fused-ring (bicyclic) bond motifs is 1. The highest BCUT2D eigenvalue weighted by Crippen LogP contribution is 2.33. The number of benzene rings is 1. The summed E-state index contributed by atoms with van der Waals surface area (Å²) in [6.07, 6.45) is 1.51. The zero-order valence-corrected chi connectivity index (χ0v) is 11.7. The average molecular weight is 312 g/mol. The molecule has 3 N–H and O–H groups in total. The van der Waals surface area contributed by atoms with Crippen molar-refractivity contribution in [3.05, 3.63) is 34.4 Å². The van der Waals surface area contributed by atoms with Crippen LogP contribution in [-0.4, -0.2) is 13.7 Å². The van der Waals surface area contributed by atoms with Gasteiger partial charge >= 0.3 is 0 Å². The monoisotopic (exact) mass is 311 g/mol. The standard InChI is InChI=1S/C11H7Cl2N5S/c12-5-3-7(14)11(15-4-5)16-9-6(13)1-2-8-10(9)18-19-17-8/h1-4H,14H2,(H,15,16). The largest absolute Gasteiger partial charge is 0.396 e. The van der Waals surface area contributed by atoms with E-state index in [4.69, 9.17) is 28.9 Å². The Morgan fingerprint density at radius 2 is 2.05 bits per heavy atom. The van der Waals surface area contributed by atoms with Crippen molar-refractivity contribution in [1.29, 1.82) is 0 Å². The Kier molecular flexibility index (Phi) is 3.14. The minimum atomic E-state index is 0.434. The molecule has 0 radical (unpaired) electrons. The Balaban J connectivity index is 2.10. The molecular weight excluding hydrogens is 305 g/mol. The van der Waals surface area contributed by atoms with Gasteiger partial charge in [0, 0.05) is 6.20 Å². The van der Waals surface area contributed by atoms with E-state index in [-0.39, 0.29) is 0 Å². The van der Waals surface area contributed by atoms with E-state index in [1.165, 1.54) is 6.20 Å². The van der Waals surface area contributed by atoms with Crippen molar-refractivity contribution < 1.29 is 0 Å². The number of nitrogens with zero attached hydrogens (tertiary/aromatic N) is 3. The summed E-state index contributed by atoms with van der Waals surface area (Å²) in [4.78, 5) is 4.13. The maximum atomic E-state index is 6.17. The van der Waals surface area contributed by atoms with Gasteiger partial charge in [0.05, 0.1) is 33.1 Å². The van der Waals surface area contributed by atoms with Gasteiger partial charge < -0.3 is 11.1 Å². The molecule has 2 aromatic heterocycles. The predicted molar refractivity (Wildman–Crippen MR) is 79.4 cm³/mol. The van der Waals surface area contributed by atoms with Gasteiger partial charge in [-0.25, -0.2) is 4.98 Å². The van der Waals surface area contributed by atoms with Crippen molar-refractivity contribution in [2.75, 3.05) is 11.1 Å². The number of nitrogens with two attached hydrogens (primary N) is 1. The summed E-state index contributed by atoms with van der Waals surface area (Å²) < 4.78 is 8.37. The summed E-state index contributed by atoms with van der Waals surface area (Å²) in [7, 11) is 0. The van der Waals surface area contributed by atoms with E-state index in [0.717, 1.165) is 17.2 Å². The molecular formula is C11H7Cl2N5S. The lowest BCUT2D eigenvalue weighted by atomic mass is 10.2. The molecule has 0 fully saturated rings. The number of aromatic nitrogens is 3. The molecule has 0 spiro atoms. The minimum absolute atomic E-state index is 0.434. The number of anilines is 3. The highest BCUT2D eigenvalue weighted by molar-refractivity contribution is 7.00. The molecule has 0 aliphatic carbocycles. The zero-order valence-electron chi connectivity index (χ0n) is 9.39. The topological polar surface area (TPSA) is 76.7 Å². The molecule has 8 heteroatoms. The molecule has 96 valence electrons. The molecule has 2 heterocycles. The second-order valence-corrected chi connectivity index (χ2v) is 5.14. The van der Waals surface area contributed by atoms with E-state index in [0.29, 0.717) is 32.8 Å². The third-order valence-corrected chi connectivity index (χ3v) is 3.57. The summed E-state index contributed by atoms with van der Waals surface area (Å²) in [6, 6.07) is 5.18. The molecule has 5 nitrogen and oxygen atoms in total. The van der Waals surface area contributed by atoms with E-state index in [1.54, 1.807) is 12.1 Å². The first kappa shape index (κ1) is 12.4. The molecule has 1 aromatic carbocycles. The number of hydrogen-bond donors (Lipinski definition) is 2. The highest BCUT2D eigenvalue weighted by atomic mass is 35.5. The summed E-state index contributed by atoms with van der Waals surface area (Å²) in [5.74, 6) is 0.479. The lowest BCUT2D eigenvalue weighted by molar-refractivity contribution is 1.31. The second kappa shape index (κ2) is 4.80. The highest BCUT2D eigenvalue weighted by Gasteiger charge is 2.12. The Morgan fingerprint density at radius 1 is 1.21 bits per heavy atom. The van der Waals surface area contributed by atoms with Gasteiger partial charge in [-0.3, -0.25) is 0 Å². The van der Waals surface area contributed by atoms with Crippen LogP contribution in [0.5, 0.6) is 0 Å². The molecule has 0 bridgehead atoms. The molecule has 0 atom stereocenters. The number of nitrogen functional groups attached to an aromatic ring is 1.